The van der Waals surface area contributed by atoms with Gasteiger partial charge in [0, 0.05) is 11.4 Å². The van der Waals surface area contributed by atoms with Crippen molar-refractivity contribution >= 4 is 28.9 Å². The number of para-hydroxylation sites is 1. The first-order valence-electron chi connectivity index (χ1n) is 6.14. The molecule has 0 saturated heterocycles. The van der Waals surface area contributed by atoms with E-state index in [1.807, 2.05) is 0 Å². The molecule has 0 aliphatic heterocycles. The maximum Gasteiger partial charge on any atom is 0.265 e. The van der Waals surface area contributed by atoms with E-state index in [-0.39, 0.29) is 5.91 Å². The molecule has 0 unspecified atom stereocenters. The Morgan fingerprint density at radius 2 is 1.85 bits per heavy atom. The highest BCUT2D eigenvalue weighted by Crippen LogP contribution is 2.24. The molecule has 5 heteroatoms. The van der Waals surface area contributed by atoms with E-state index in [4.69, 9.17) is 22.1 Å². The van der Waals surface area contributed by atoms with Crippen molar-refractivity contribution < 1.29 is 9.53 Å². The lowest BCUT2D eigenvalue weighted by molar-refractivity contribution is -0.122. The third-order valence-corrected chi connectivity index (χ3v) is 3.00. The molecule has 1 amide bonds. The van der Waals surface area contributed by atoms with Crippen molar-refractivity contribution in [1.82, 2.24) is 0 Å². The molecule has 0 bridgehead atoms. The zero-order chi connectivity index (χ0) is 14.5. The van der Waals surface area contributed by atoms with Gasteiger partial charge in [-0.15, -0.1) is 0 Å². The number of halogens is 1. The summed E-state index contributed by atoms with van der Waals surface area (Å²) in [5.74, 6) is 0.226. The van der Waals surface area contributed by atoms with Crippen LogP contribution in [0.1, 0.15) is 6.92 Å². The minimum atomic E-state index is -0.660. The van der Waals surface area contributed by atoms with Crippen LogP contribution in [0.3, 0.4) is 0 Å². The summed E-state index contributed by atoms with van der Waals surface area (Å²) in [4.78, 5) is 12.0. The summed E-state index contributed by atoms with van der Waals surface area (Å²) in [7, 11) is 0. The number of nitrogens with one attached hydrogen (secondary N) is 1. The van der Waals surface area contributed by atoms with Crippen molar-refractivity contribution in [3.05, 3.63) is 53.6 Å². The fraction of sp³-hybridized carbons (Fsp3) is 0.133. The fourth-order valence-corrected chi connectivity index (χ4v) is 1.77. The van der Waals surface area contributed by atoms with Crippen molar-refractivity contribution in [2.75, 3.05) is 11.1 Å². The maximum absolute atomic E-state index is 12.0. The van der Waals surface area contributed by atoms with Gasteiger partial charge in [0.05, 0.1) is 5.02 Å². The normalized spacial score (nSPS) is 11.7. The smallest absolute Gasteiger partial charge is 0.265 e. The summed E-state index contributed by atoms with van der Waals surface area (Å²) in [6.45, 7) is 1.66. The molecule has 0 aromatic heterocycles. The molecule has 2 aromatic rings. The van der Waals surface area contributed by atoms with Crippen molar-refractivity contribution in [3.63, 3.8) is 0 Å². The lowest BCUT2D eigenvalue weighted by Crippen LogP contribution is -2.30. The van der Waals surface area contributed by atoms with Crippen LogP contribution < -0.4 is 15.8 Å². The zero-order valence-corrected chi connectivity index (χ0v) is 11.7. The third-order valence-electron chi connectivity index (χ3n) is 2.69. The number of hydrogen-bond donors (Lipinski definition) is 2. The number of hydrogen-bond acceptors (Lipinski definition) is 3. The molecule has 1 atom stereocenters. The van der Waals surface area contributed by atoms with Crippen LogP contribution in [0.25, 0.3) is 0 Å². The SMILES string of the molecule is C[C@@H](Oc1ccccc1Cl)C(=O)Nc1ccc(N)cc1. The van der Waals surface area contributed by atoms with Gasteiger partial charge in [0.15, 0.2) is 6.10 Å². The number of nitrogens with two attached hydrogens (primary N) is 1. The first kappa shape index (κ1) is 14.2. The third kappa shape index (κ3) is 3.65. The van der Waals surface area contributed by atoms with Gasteiger partial charge in [-0.05, 0) is 43.3 Å². The molecule has 2 aromatic carbocycles. The number of rotatable bonds is 4. The Morgan fingerprint density at radius 1 is 1.20 bits per heavy atom. The van der Waals surface area contributed by atoms with Gasteiger partial charge in [0.25, 0.3) is 5.91 Å². The van der Waals surface area contributed by atoms with Gasteiger partial charge < -0.3 is 15.8 Å². The molecule has 0 aliphatic carbocycles. The lowest BCUT2D eigenvalue weighted by Gasteiger charge is -2.15. The van der Waals surface area contributed by atoms with E-state index in [1.54, 1.807) is 55.5 Å². The molecule has 20 heavy (non-hydrogen) atoms. The molecule has 0 radical (unpaired) electrons. The van der Waals surface area contributed by atoms with Gasteiger partial charge in [-0.1, -0.05) is 23.7 Å². The van der Waals surface area contributed by atoms with Crippen LogP contribution in [0.2, 0.25) is 5.02 Å². The summed E-state index contributed by atoms with van der Waals surface area (Å²) in [5, 5.41) is 3.22. The van der Waals surface area contributed by atoms with Gasteiger partial charge in [-0.25, -0.2) is 0 Å². The molecule has 2 rings (SSSR count). The molecule has 0 heterocycles. The van der Waals surface area contributed by atoms with E-state index < -0.39 is 6.10 Å². The number of anilines is 2. The van der Waals surface area contributed by atoms with Crippen LogP contribution in [0.15, 0.2) is 48.5 Å². The van der Waals surface area contributed by atoms with Crippen LogP contribution in [0, 0.1) is 0 Å². The average Bonchev–Trinajstić information content (AvgIpc) is 2.44. The van der Waals surface area contributed by atoms with Crippen LogP contribution in [-0.2, 0) is 4.79 Å². The molecule has 0 aliphatic rings. The van der Waals surface area contributed by atoms with Gasteiger partial charge in [0.2, 0.25) is 0 Å². The maximum atomic E-state index is 12.0. The van der Waals surface area contributed by atoms with Crippen molar-refractivity contribution in [3.8, 4) is 5.75 Å². The second-order valence-electron chi connectivity index (χ2n) is 4.30. The first-order valence-corrected chi connectivity index (χ1v) is 6.51. The quantitative estimate of drug-likeness (QED) is 0.849. The minimum absolute atomic E-state index is 0.255. The predicted molar refractivity (Wildman–Crippen MR) is 81.0 cm³/mol. The Kier molecular flexibility index (Phi) is 4.48. The van der Waals surface area contributed by atoms with E-state index in [9.17, 15) is 4.79 Å². The topological polar surface area (TPSA) is 64.3 Å². The summed E-state index contributed by atoms with van der Waals surface area (Å²) in [6.07, 6.45) is -0.660. The van der Waals surface area contributed by atoms with E-state index in [0.717, 1.165) is 0 Å². The van der Waals surface area contributed by atoms with Crippen molar-refractivity contribution in [2.45, 2.75) is 13.0 Å². The Bertz CT molecular complexity index is 599. The van der Waals surface area contributed by atoms with Crippen LogP contribution in [0.5, 0.6) is 5.75 Å². The average molecular weight is 291 g/mol. The van der Waals surface area contributed by atoms with E-state index in [1.165, 1.54) is 0 Å². The van der Waals surface area contributed by atoms with E-state index in [0.29, 0.717) is 22.1 Å². The molecule has 0 fully saturated rings. The largest absolute Gasteiger partial charge is 0.479 e. The molecule has 104 valence electrons. The lowest BCUT2D eigenvalue weighted by atomic mass is 10.2. The number of amides is 1. The minimum Gasteiger partial charge on any atom is -0.479 e. The number of nitrogen functional groups attached to an aromatic ring is 1. The van der Waals surface area contributed by atoms with E-state index in [2.05, 4.69) is 5.32 Å². The molecule has 4 nitrogen and oxygen atoms in total. The van der Waals surface area contributed by atoms with Gasteiger partial charge in [0.1, 0.15) is 5.75 Å². The van der Waals surface area contributed by atoms with Crippen LogP contribution in [0.4, 0.5) is 11.4 Å². The number of carbonyl (C=O) groups excluding carboxylic acids is 1. The predicted octanol–water partition coefficient (Wildman–Crippen LogP) is 3.33. The Morgan fingerprint density at radius 3 is 2.50 bits per heavy atom. The standard InChI is InChI=1S/C15H15ClN2O2/c1-10(20-14-5-3-2-4-13(14)16)15(19)18-12-8-6-11(17)7-9-12/h2-10H,17H2,1H3,(H,18,19)/t10-/m1/s1. The number of ether oxygens (including phenoxy) is 1. The monoisotopic (exact) mass is 290 g/mol. The first-order chi connectivity index (χ1) is 9.56. The highest BCUT2D eigenvalue weighted by Gasteiger charge is 2.15. The highest BCUT2D eigenvalue weighted by molar-refractivity contribution is 6.32. The Labute approximate surface area is 122 Å². The van der Waals surface area contributed by atoms with Crippen LogP contribution in [-0.4, -0.2) is 12.0 Å². The second-order valence-corrected chi connectivity index (χ2v) is 4.71. The van der Waals surface area contributed by atoms with Crippen molar-refractivity contribution in [1.29, 1.82) is 0 Å². The molecule has 3 N–H and O–H groups in total. The summed E-state index contributed by atoms with van der Waals surface area (Å²) in [6, 6.07) is 13.9. The number of carbonyl (C=O) groups is 1. The molecular weight excluding hydrogens is 276 g/mol. The van der Waals surface area contributed by atoms with Gasteiger partial charge >= 0.3 is 0 Å². The molecule has 0 spiro atoms. The van der Waals surface area contributed by atoms with E-state index >= 15 is 0 Å². The highest BCUT2D eigenvalue weighted by atomic mass is 35.5. The Balaban J connectivity index is 1.99. The van der Waals surface area contributed by atoms with Gasteiger partial charge in [-0.3, -0.25) is 4.79 Å². The number of benzene rings is 2. The van der Waals surface area contributed by atoms with Crippen molar-refractivity contribution in [2.24, 2.45) is 0 Å². The van der Waals surface area contributed by atoms with Gasteiger partial charge in [-0.2, -0.15) is 0 Å². The summed E-state index contributed by atoms with van der Waals surface area (Å²) in [5.41, 5.74) is 6.89. The molecule has 0 saturated carbocycles. The zero-order valence-electron chi connectivity index (χ0n) is 11.0. The summed E-state index contributed by atoms with van der Waals surface area (Å²) < 4.78 is 5.53. The fourth-order valence-electron chi connectivity index (χ4n) is 1.59. The molecular formula is C15H15ClN2O2. The van der Waals surface area contributed by atoms with Crippen LogP contribution >= 0.6 is 11.6 Å². The Hall–Kier alpha value is -2.20. The second kappa shape index (κ2) is 6.30. The summed E-state index contributed by atoms with van der Waals surface area (Å²) >= 11 is 5.98.